The molecule has 150 valence electrons. The lowest BCUT2D eigenvalue weighted by Gasteiger charge is -2.39. The molecular formula is C21H27N3O3S. The smallest absolute Gasteiger partial charge is 0.240 e. The average Bonchev–Trinajstić information content (AvgIpc) is 2.73. The Bertz CT molecular complexity index is 908. The minimum Gasteiger partial charge on any atom is -0.369 e. The maximum Gasteiger partial charge on any atom is 0.240 e. The van der Waals surface area contributed by atoms with E-state index < -0.39 is 10.0 Å². The van der Waals surface area contributed by atoms with Crippen molar-refractivity contribution in [2.24, 2.45) is 0 Å². The monoisotopic (exact) mass is 401 g/mol. The van der Waals surface area contributed by atoms with Gasteiger partial charge in [0.15, 0.2) is 5.78 Å². The van der Waals surface area contributed by atoms with E-state index >= 15 is 0 Å². The van der Waals surface area contributed by atoms with Gasteiger partial charge in [0.2, 0.25) is 10.0 Å². The van der Waals surface area contributed by atoms with Gasteiger partial charge >= 0.3 is 0 Å². The Hall–Kier alpha value is -2.22. The van der Waals surface area contributed by atoms with Crippen molar-refractivity contribution < 1.29 is 13.2 Å². The first-order valence-corrected chi connectivity index (χ1v) is 11.0. The molecular weight excluding hydrogens is 374 g/mol. The molecule has 0 bridgehead atoms. The van der Waals surface area contributed by atoms with Gasteiger partial charge in [-0.15, -0.1) is 0 Å². The van der Waals surface area contributed by atoms with Crippen molar-refractivity contribution in [3.05, 3.63) is 60.2 Å². The van der Waals surface area contributed by atoms with Gasteiger partial charge in [0.05, 0.1) is 4.90 Å². The van der Waals surface area contributed by atoms with Crippen molar-refractivity contribution >= 4 is 21.5 Å². The third-order valence-electron chi connectivity index (χ3n) is 5.18. The maximum absolute atomic E-state index is 12.6. The first-order chi connectivity index (χ1) is 13.4. The van der Waals surface area contributed by atoms with Crippen LogP contribution in [0.2, 0.25) is 0 Å². The molecule has 1 atom stereocenters. The second-order valence-electron chi connectivity index (χ2n) is 7.14. The molecule has 1 saturated heterocycles. The summed E-state index contributed by atoms with van der Waals surface area (Å²) >= 11 is 0. The normalized spacial score (nSPS) is 16.7. The first-order valence-electron chi connectivity index (χ1n) is 9.51. The fraction of sp³-hybridized carbons (Fsp3) is 0.381. The number of anilines is 1. The van der Waals surface area contributed by atoms with Gasteiger partial charge in [-0.1, -0.05) is 30.3 Å². The molecule has 6 nitrogen and oxygen atoms in total. The van der Waals surface area contributed by atoms with Gasteiger partial charge in [0, 0.05) is 50.0 Å². The minimum absolute atomic E-state index is 0.0867. The average molecular weight is 402 g/mol. The summed E-state index contributed by atoms with van der Waals surface area (Å²) in [6.07, 6.45) is 0. The van der Waals surface area contributed by atoms with Crippen molar-refractivity contribution in [2.75, 3.05) is 37.6 Å². The molecule has 0 radical (unpaired) electrons. The van der Waals surface area contributed by atoms with E-state index in [1.807, 2.05) is 25.1 Å². The van der Waals surface area contributed by atoms with Gasteiger partial charge in [-0.25, -0.2) is 13.1 Å². The number of rotatable bonds is 7. The second-order valence-corrected chi connectivity index (χ2v) is 8.91. The van der Waals surface area contributed by atoms with E-state index in [-0.39, 0.29) is 16.7 Å². The summed E-state index contributed by atoms with van der Waals surface area (Å²) in [6, 6.07) is 16.6. The fourth-order valence-corrected chi connectivity index (χ4v) is 4.55. The molecule has 0 aliphatic carbocycles. The van der Waals surface area contributed by atoms with Crippen LogP contribution < -0.4 is 9.62 Å². The van der Waals surface area contributed by atoms with Gasteiger partial charge in [-0.05, 0) is 38.1 Å². The van der Waals surface area contributed by atoms with E-state index in [0.29, 0.717) is 12.1 Å². The van der Waals surface area contributed by atoms with E-state index in [4.69, 9.17) is 0 Å². The molecule has 1 heterocycles. The fourth-order valence-electron chi connectivity index (χ4n) is 3.38. The van der Waals surface area contributed by atoms with Crippen molar-refractivity contribution in [3.63, 3.8) is 0 Å². The van der Waals surface area contributed by atoms with E-state index in [9.17, 15) is 13.2 Å². The molecule has 3 rings (SSSR count). The molecule has 0 spiro atoms. The topological polar surface area (TPSA) is 69.7 Å². The summed E-state index contributed by atoms with van der Waals surface area (Å²) in [6.45, 7) is 7.40. The van der Waals surface area contributed by atoms with Crippen molar-refractivity contribution in [2.45, 2.75) is 24.8 Å². The third-order valence-corrected chi connectivity index (χ3v) is 6.60. The summed E-state index contributed by atoms with van der Waals surface area (Å²) in [5.41, 5.74) is 1.62. The Balaban J connectivity index is 1.55. The molecule has 1 fully saturated rings. The summed E-state index contributed by atoms with van der Waals surface area (Å²) in [5.74, 6) is -0.151. The minimum atomic E-state index is -3.64. The van der Waals surface area contributed by atoms with Crippen molar-refractivity contribution in [3.8, 4) is 0 Å². The van der Waals surface area contributed by atoms with E-state index in [1.165, 1.54) is 24.7 Å². The molecule has 1 N–H and O–H groups in total. The zero-order valence-electron chi connectivity index (χ0n) is 16.3. The van der Waals surface area contributed by atoms with Crippen LogP contribution in [-0.4, -0.2) is 57.9 Å². The number of ketones is 1. The number of carbonyl (C=O) groups is 1. The highest BCUT2D eigenvalue weighted by molar-refractivity contribution is 7.89. The highest BCUT2D eigenvalue weighted by atomic mass is 32.2. The Morgan fingerprint density at radius 2 is 1.71 bits per heavy atom. The standard InChI is InChI=1S/C21H27N3O3S/c1-17(23-11-13-24(14-12-23)20-8-4-3-5-9-20)16-22-28(26,27)21-10-6-7-19(15-21)18(2)25/h3-10,15,17,22H,11-14,16H2,1-2H3. The van der Waals surface area contributed by atoms with Crippen LogP contribution in [0.15, 0.2) is 59.5 Å². The number of nitrogens with one attached hydrogen (secondary N) is 1. The molecule has 2 aromatic carbocycles. The predicted octanol–water partition coefficient (Wildman–Crippen LogP) is 2.38. The predicted molar refractivity (Wildman–Crippen MR) is 111 cm³/mol. The largest absolute Gasteiger partial charge is 0.369 e. The number of Topliss-reactive ketones (excluding diaryl/α,β-unsaturated/α-hetero) is 1. The Morgan fingerprint density at radius 1 is 1.04 bits per heavy atom. The molecule has 0 saturated carbocycles. The zero-order valence-corrected chi connectivity index (χ0v) is 17.2. The molecule has 0 aromatic heterocycles. The van der Waals surface area contributed by atoms with Gasteiger partial charge < -0.3 is 4.90 Å². The van der Waals surface area contributed by atoms with Crippen LogP contribution in [0.4, 0.5) is 5.69 Å². The van der Waals surface area contributed by atoms with Crippen LogP contribution in [0.25, 0.3) is 0 Å². The van der Waals surface area contributed by atoms with E-state index in [2.05, 4.69) is 26.7 Å². The second kappa shape index (κ2) is 8.86. The summed E-state index contributed by atoms with van der Waals surface area (Å²) in [4.78, 5) is 16.3. The molecule has 28 heavy (non-hydrogen) atoms. The number of sulfonamides is 1. The van der Waals surface area contributed by atoms with Crippen LogP contribution in [0.3, 0.4) is 0 Å². The number of benzene rings is 2. The highest BCUT2D eigenvalue weighted by Gasteiger charge is 2.23. The van der Waals surface area contributed by atoms with Gasteiger partial charge in [0.1, 0.15) is 0 Å². The third kappa shape index (κ3) is 4.98. The molecule has 1 unspecified atom stereocenters. The van der Waals surface area contributed by atoms with Crippen LogP contribution in [0.1, 0.15) is 24.2 Å². The maximum atomic E-state index is 12.6. The van der Waals surface area contributed by atoms with E-state index in [1.54, 1.807) is 12.1 Å². The SMILES string of the molecule is CC(=O)c1cccc(S(=O)(=O)NCC(C)N2CCN(c3ccccc3)CC2)c1. The lowest BCUT2D eigenvalue weighted by atomic mass is 10.2. The number of piperazine rings is 1. The number of hydrogen-bond acceptors (Lipinski definition) is 5. The van der Waals surface area contributed by atoms with E-state index in [0.717, 1.165) is 26.2 Å². The van der Waals surface area contributed by atoms with Crippen LogP contribution in [0, 0.1) is 0 Å². The molecule has 2 aromatic rings. The zero-order chi connectivity index (χ0) is 20.1. The summed E-state index contributed by atoms with van der Waals surface area (Å²) in [7, 11) is -3.64. The van der Waals surface area contributed by atoms with Gasteiger partial charge in [-0.2, -0.15) is 0 Å². The summed E-state index contributed by atoms with van der Waals surface area (Å²) in [5, 5.41) is 0. The van der Waals surface area contributed by atoms with Crippen LogP contribution in [-0.2, 0) is 10.0 Å². The number of para-hydroxylation sites is 1. The quantitative estimate of drug-likeness (QED) is 0.722. The number of hydrogen-bond donors (Lipinski definition) is 1. The van der Waals surface area contributed by atoms with Gasteiger partial charge in [0.25, 0.3) is 0 Å². The highest BCUT2D eigenvalue weighted by Crippen LogP contribution is 2.17. The van der Waals surface area contributed by atoms with Crippen LogP contribution >= 0.6 is 0 Å². The molecule has 1 aliphatic heterocycles. The Kier molecular flexibility index (Phi) is 6.49. The van der Waals surface area contributed by atoms with Crippen molar-refractivity contribution in [1.29, 1.82) is 0 Å². The molecule has 7 heteroatoms. The Morgan fingerprint density at radius 3 is 2.36 bits per heavy atom. The van der Waals surface area contributed by atoms with Crippen LogP contribution in [0.5, 0.6) is 0 Å². The molecule has 1 aliphatic rings. The first kappa shape index (κ1) is 20.5. The van der Waals surface area contributed by atoms with Gasteiger partial charge in [-0.3, -0.25) is 9.69 Å². The Labute approximate surface area is 167 Å². The van der Waals surface area contributed by atoms with Crippen molar-refractivity contribution in [1.82, 2.24) is 9.62 Å². The number of carbonyl (C=O) groups excluding carboxylic acids is 1. The lowest BCUT2D eigenvalue weighted by Crippen LogP contribution is -2.52. The molecule has 0 amide bonds. The number of nitrogens with zero attached hydrogens (tertiary/aromatic N) is 2. The summed E-state index contributed by atoms with van der Waals surface area (Å²) < 4.78 is 27.9. The lowest BCUT2D eigenvalue weighted by molar-refractivity contribution is 0.101.